The number of fused-ring (bicyclic) bond motifs is 3. The van der Waals surface area contributed by atoms with E-state index in [2.05, 4.69) is 86.4 Å². The first kappa shape index (κ1) is 24.3. The third-order valence-corrected chi connectivity index (χ3v) is 9.93. The molecule has 3 rings (SSSR count). The second kappa shape index (κ2) is 11.0. The molecule has 0 N–H and O–H groups in total. The van der Waals surface area contributed by atoms with E-state index in [0.717, 1.165) is 50.3 Å². The summed E-state index contributed by atoms with van der Waals surface area (Å²) < 4.78 is 8.91. The molecule has 0 saturated carbocycles. The van der Waals surface area contributed by atoms with Gasteiger partial charge >= 0.3 is 0 Å². The molecule has 0 fully saturated rings. The van der Waals surface area contributed by atoms with E-state index in [1.807, 2.05) is 24.3 Å². The number of aromatic nitrogens is 5. The van der Waals surface area contributed by atoms with Crippen LogP contribution in [0.25, 0.3) is 16.7 Å². The summed E-state index contributed by atoms with van der Waals surface area (Å²) in [7, 11) is -2.28. The van der Waals surface area contributed by atoms with E-state index >= 15 is 0 Å². The molecule has 0 aliphatic rings. The lowest BCUT2D eigenvalue weighted by atomic mass is 10.3. The molecule has 0 aliphatic heterocycles. The summed E-state index contributed by atoms with van der Waals surface area (Å²) in [5, 5.41) is 20.8. The van der Waals surface area contributed by atoms with Gasteiger partial charge in [0.05, 0.1) is 11.0 Å². The summed E-state index contributed by atoms with van der Waals surface area (Å²) in [5.41, 5.74) is 2.03. The largest absolute Gasteiger partial charge is 0.245 e. The summed E-state index contributed by atoms with van der Waals surface area (Å²) in [4.78, 5) is 9.62. The minimum absolute atomic E-state index is 0.356. The maximum Gasteiger partial charge on any atom is 0.226 e. The Morgan fingerprint density at radius 3 is 1.97 bits per heavy atom. The second-order valence-electron chi connectivity index (χ2n) is 7.07. The highest BCUT2D eigenvalue weighted by molar-refractivity contribution is 7.59. The van der Waals surface area contributed by atoms with E-state index < -0.39 is 7.51 Å². The number of hydrogen-bond donors (Lipinski definition) is 0. The van der Waals surface area contributed by atoms with Crippen LogP contribution in [0.5, 0.6) is 0 Å². The summed E-state index contributed by atoms with van der Waals surface area (Å²) in [6, 6.07) is 7.69. The average Bonchev–Trinajstić information content (AvgIpc) is 3.32. The second-order valence-corrected chi connectivity index (χ2v) is 10.0. The Morgan fingerprint density at radius 1 is 0.844 bits per heavy atom. The molecule has 11 nitrogen and oxygen atoms in total. The van der Waals surface area contributed by atoms with E-state index in [1.165, 1.54) is 0 Å². The lowest BCUT2D eigenvalue weighted by molar-refractivity contribution is 0.338. The van der Waals surface area contributed by atoms with Crippen LogP contribution >= 0.6 is 7.51 Å². The van der Waals surface area contributed by atoms with Crippen LogP contribution in [0.3, 0.4) is 0 Å². The van der Waals surface area contributed by atoms with Crippen LogP contribution in [-0.4, -0.2) is 78.3 Å². The molecule has 0 atom stereocenters. The van der Waals surface area contributed by atoms with Crippen LogP contribution in [-0.2, 0) is 0 Å². The van der Waals surface area contributed by atoms with E-state index in [9.17, 15) is 0 Å². The topological polar surface area (TPSA) is 103 Å². The molecule has 0 radical (unpaired) electrons. The molecular weight excluding hydrogens is 425 g/mol. The molecule has 0 unspecified atom stereocenters. The molecule has 0 amide bonds. The zero-order chi connectivity index (χ0) is 23.1. The van der Waals surface area contributed by atoms with Gasteiger partial charge in [-0.05, 0) is 27.8 Å². The van der Waals surface area contributed by atoms with Crippen LogP contribution in [0.1, 0.15) is 41.5 Å². The van der Waals surface area contributed by atoms with Gasteiger partial charge in [0, 0.05) is 39.3 Å². The van der Waals surface area contributed by atoms with Gasteiger partial charge in [0.15, 0.2) is 7.51 Å². The van der Waals surface area contributed by atoms with E-state index in [0.29, 0.717) is 11.5 Å². The predicted octanol–water partition coefficient (Wildman–Crippen LogP) is 4.64. The highest BCUT2D eigenvalue weighted by atomic mass is 31.2. The Morgan fingerprint density at radius 2 is 1.41 bits per heavy atom. The molecular formula is C20H34N11P. The van der Waals surface area contributed by atoms with Crippen molar-refractivity contribution in [1.29, 1.82) is 0 Å². The molecule has 32 heavy (non-hydrogen) atoms. The van der Waals surface area contributed by atoms with Crippen LogP contribution < -0.4 is 0 Å². The average molecular weight is 460 g/mol. The van der Waals surface area contributed by atoms with E-state index in [-0.39, 0.29) is 0 Å². The van der Waals surface area contributed by atoms with Gasteiger partial charge in [-0.2, -0.15) is 4.52 Å². The molecule has 12 heteroatoms. The van der Waals surface area contributed by atoms with E-state index in [4.69, 9.17) is 4.85 Å². The monoisotopic (exact) mass is 459 g/mol. The third kappa shape index (κ3) is 4.30. The number of hydrogen-bond acceptors (Lipinski definition) is 5. The lowest BCUT2D eigenvalue weighted by Crippen LogP contribution is -2.41. The fourth-order valence-electron chi connectivity index (χ4n) is 4.09. The zero-order valence-corrected chi connectivity index (χ0v) is 20.8. The summed E-state index contributed by atoms with van der Waals surface area (Å²) in [6.45, 7) is 18.3. The van der Waals surface area contributed by atoms with Crippen LogP contribution in [0.4, 0.5) is 5.82 Å². The van der Waals surface area contributed by atoms with Crippen LogP contribution in [0, 0.1) is 0 Å². The van der Waals surface area contributed by atoms with Crippen LogP contribution in [0.15, 0.2) is 39.5 Å². The normalized spacial score (nSPS) is 12.9. The van der Waals surface area contributed by atoms with Crippen molar-refractivity contribution in [2.45, 2.75) is 41.5 Å². The Labute approximate surface area is 189 Å². The fourth-order valence-corrected chi connectivity index (χ4v) is 7.93. The minimum Gasteiger partial charge on any atom is -0.245 e. The van der Waals surface area contributed by atoms with Crippen LogP contribution in [0.2, 0.25) is 0 Å². The molecule has 3 aromatic rings. The van der Waals surface area contributed by atoms with Crippen molar-refractivity contribution in [2.75, 3.05) is 39.3 Å². The van der Waals surface area contributed by atoms with Crippen molar-refractivity contribution in [3.05, 3.63) is 24.3 Å². The quantitative estimate of drug-likeness (QED) is 0.234. The molecule has 0 saturated heterocycles. The molecule has 2 aromatic heterocycles. The smallest absolute Gasteiger partial charge is 0.226 e. The van der Waals surface area contributed by atoms with Gasteiger partial charge in [0.1, 0.15) is 0 Å². The predicted molar refractivity (Wildman–Crippen MR) is 129 cm³/mol. The van der Waals surface area contributed by atoms with Crippen molar-refractivity contribution < 1.29 is 0 Å². The van der Waals surface area contributed by atoms with E-state index in [1.54, 1.807) is 4.52 Å². The molecule has 174 valence electrons. The molecule has 2 heterocycles. The van der Waals surface area contributed by atoms with Gasteiger partial charge in [-0.15, -0.1) is 15.1 Å². The fraction of sp³-hybridized carbons (Fsp3) is 0.600. The van der Waals surface area contributed by atoms with Gasteiger partial charge < -0.3 is 0 Å². The molecule has 1 aromatic carbocycles. The molecule has 0 spiro atoms. The number of nitrogens with zero attached hydrogens (tertiary/aromatic N) is 11. The standard InChI is InChI=1S/C20H34N11P/c1-7-28(8-2)32(29(9-3)10-4,30(11-5)12-6)27-25-22-19-20-23-24-26-31(20)18-16-14-13-15-17(18)21-19/h13-16H,7-12H2,1-6H3. The first-order valence-electron chi connectivity index (χ1n) is 11.4. The van der Waals surface area contributed by atoms with Crippen molar-refractivity contribution >= 4 is 30.0 Å². The highest BCUT2D eigenvalue weighted by Gasteiger charge is 2.37. The highest BCUT2D eigenvalue weighted by Crippen LogP contribution is 2.59. The van der Waals surface area contributed by atoms with Gasteiger partial charge in [-0.25, -0.2) is 19.0 Å². The van der Waals surface area contributed by atoms with Crippen molar-refractivity contribution in [3.8, 4) is 0 Å². The summed E-state index contributed by atoms with van der Waals surface area (Å²) in [6.07, 6.45) is 0. The Balaban J connectivity index is 2.20. The van der Waals surface area contributed by atoms with Gasteiger partial charge in [-0.1, -0.05) is 53.7 Å². The third-order valence-electron chi connectivity index (χ3n) is 5.63. The Kier molecular flexibility index (Phi) is 8.36. The van der Waals surface area contributed by atoms with Crippen molar-refractivity contribution in [3.63, 3.8) is 0 Å². The molecule has 0 aliphatic carbocycles. The van der Waals surface area contributed by atoms with Crippen molar-refractivity contribution in [1.82, 2.24) is 39.0 Å². The Hall–Kier alpha value is -2.33. The van der Waals surface area contributed by atoms with Gasteiger partial charge in [0.25, 0.3) is 0 Å². The first-order chi connectivity index (χ1) is 15.6. The number of rotatable bonds is 11. The van der Waals surface area contributed by atoms with Gasteiger partial charge in [0.2, 0.25) is 11.5 Å². The number of tetrazole rings is 1. The Bertz CT molecular complexity index is 1060. The lowest BCUT2D eigenvalue weighted by Gasteiger charge is -2.47. The summed E-state index contributed by atoms with van der Waals surface area (Å²) in [5.74, 6) is 0.356. The number of para-hydroxylation sites is 2. The maximum atomic E-state index is 4.98. The minimum atomic E-state index is -2.28. The zero-order valence-electron chi connectivity index (χ0n) is 19.9. The number of benzene rings is 1. The van der Waals surface area contributed by atoms with Crippen molar-refractivity contribution in [2.24, 2.45) is 15.2 Å². The SMILES string of the molecule is CCN(CC)P(=NN=Nc1nc2ccccc2n2nnnc12)(N(CC)CC)N(CC)CC. The molecule has 0 bridgehead atoms. The first-order valence-corrected chi connectivity index (χ1v) is 13.0. The maximum absolute atomic E-state index is 4.98. The van der Waals surface area contributed by atoms with Gasteiger partial charge in [-0.3, -0.25) is 0 Å². The summed E-state index contributed by atoms with van der Waals surface area (Å²) >= 11 is 0.